The number of anilines is 2. The summed E-state index contributed by atoms with van der Waals surface area (Å²) >= 11 is 0. The fourth-order valence-corrected chi connectivity index (χ4v) is 5.46. The first kappa shape index (κ1) is 27.2. The highest BCUT2D eigenvalue weighted by Gasteiger charge is 2.28. The minimum absolute atomic E-state index is 0.113. The van der Waals surface area contributed by atoms with Crippen LogP contribution in [-0.4, -0.2) is 51.3 Å². The summed E-state index contributed by atoms with van der Waals surface area (Å²) < 4.78 is 22.6. The lowest BCUT2D eigenvalue weighted by Gasteiger charge is -2.38. The third-order valence-electron chi connectivity index (χ3n) is 7.75. The van der Waals surface area contributed by atoms with E-state index in [9.17, 15) is 14.0 Å². The average Bonchev–Trinajstić information content (AvgIpc) is 3.39. The molecule has 3 heterocycles. The van der Waals surface area contributed by atoms with Crippen LogP contribution in [0.4, 0.5) is 16.3 Å². The van der Waals surface area contributed by atoms with E-state index >= 15 is 0 Å². The second-order valence-corrected chi connectivity index (χ2v) is 10.4. The van der Waals surface area contributed by atoms with Crippen molar-refractivity contribution in [2.45, 2.75) is 32.2 Å². The van der Waals surface area contributed by atoms with Gasteiger partial charge in [-0.25, -0.2) is 23.7 Å². The van der Waals surface area contributed by atoms with Crippen LogP contribution in [0.5, 0.6) is 0 Å². The predicted molar refractivity (Wildman–Crippen MR) is 159 cm³/mol. The van der Waals surface area contributed by atoms with Gasteiger partial charge in [0.15, 0.2) is 6.73 Å². The number of aromatic nitrogens is 4. The molecule has 2 aromatic heterocycles. The van der Waals surface area contributed by atoms with Crippen LogP contribution in [0.2, 0.25) is 0 Å². The van der Waals surface area contributed by atoms with Crippen molar-refractivity contribution in [2.75, 3.05) is 29.9 Å². The molecule has 0 radical (unpaired) electrons. The van der Waals surface area contributed by atoms with Gasteiger partial charge in [0.2, 0.25) is 11.9 Å². The Bertz CT molecular complexity index is 1740. The molecule has 1 aliphatic rings. The smallest absolute Gasteiger partial charge is 0.339 e. The lowest BCUT2D eigenvalue weighted by Crippen LogP contribution is -2.46. The number of esters is 1. The van der Waals surface area contributed by atoms with Gasteiger partial charge in [-0.05, 0) is 54.8 Å². The zero-order chi connectivity index (χ0) is 29.1. The number of hydrogen-bond acceptors (Lipinski definition) is 7. The van der Waals surface area contributed by atoms with Gasteiger partial charge in [0, 0.05) is 38.4 Å². The first-order chi connectivity index (χ1) is 20.5. The predicted octanol–water partition coefficient (Wildman–Crippen LogP) is 4.70. The van der Waals surface area contributed by atoms with Crippen molar-refractivity contribution in [2.24, 2.45) is 0 Å². The summed E-state index contributed by atoms with van der Waals surface area (Å²) in [5.74, 6) is 0.569. The number of benzene rings is 3. The second kappa shape index (κ2) is 11.9. The molecular formula is C32H31FN6O3. The zero-order valence-corrected chi connectivity index (χ0v) is 23.3. The van der Waals surface area contributed by atoms with Crippen LogP contribution in [0.15, 0.2) is 95.9 Å². The van der Waals surface area contributed by atoms with Gasteiger partial charge in [-0.1, -0.05) is 42.5 Å². The zero-order valence-electron chi connectivity index (χ0n) is 23.3. The molecule has 0 bridgehead atoms. The number of piperidine rings is 1. The molecular weight excluding hydrogens is 535 g/mol. The Balaban J connectivity index is 1.18. The van der Waals surface area contributed by atoms with Crippen molar-refractivity contribution >= 4 is 28.9 Å². The number of carbonyl (C=O) groups is 1. The highest BCUT2D eigenvalue weighted by atomic mass is 19.1. The maximum atomic E-state index is 13.5. The Kier molecular flexibility index (Phi) is 7.68. The van der Waals surface area contributed by atoms with Gasteiger partial charge < -0.3 is 19.1 Å². The lowest BCUT2D eigenvalue weighted by molar-refractivity contribution is 0.0366. The third kappa shape index (κ3) is 5.60. The van der Waals surface area contributed by atoms with Crippen LogP contribution < -0.4 is 15.4 Å². The first-order valence-electron chi connectivity index (χ1n) is 13.9. The van der Waals surface area contributed by atoms with E-state index in [0.717, 1.165) is 48.5 Å². The summed E-state index contributed by atoms with van der Waals surface area (Å²) in [5.41, 5.74) is 3.06. The molecule has 6 rings (SSSR count). The topological polar surface area (TPSA) is 85.5 Å². The molecule has 0 spiro atoms. The second-order valence-electron chi connectivity index (χ2n) is 10.4. The van der Waals surface area contributed by atoms with Gasteiger partial charge in [0.1, 0.15) is 5.82 Å². The summed E-state index contributed by atoms with van der Waals surface area (Å²) in [4.78, 5) is 39.0. The number of para-hydroxylation sites is 2. The fraction of sp³-hybridized carbons (Fsp3) is 0.250. The molecule has 5 aromatic rings. The lowest BCUT2D eigenvalue weighted by atomic mass is 10.0. The molecule has 42 heavy (non-hydrogen) atoms. The number of nitrogens with zero attached hydrogens (tertiary/aromatic N) is 6. The van der Waals surface area contributed by atoms with E-state index in [-0.39, 0.29) is 24.1 Å². The summed E-state index contributed by atoms with van der Waals surface area (Å²) in [6, 6.07) is 24.8. The van der Waals surface area contributed by atoms with E-state index in [1.54, 1.807) is 36.4 Å². The van der Waals surface area contributed by atoms with E-state index in [2.05, 4.69) is 20.5 Å². The molecule has 1 fully saturated rings. The summed E-state index contributed by atoms with van der Waals surface area (Å²) in [5, 5.41) is 0. The maximum absolute atomic E-state index is 13.5. The molecule has 1 aliphatic heterocycles. The molecule has 0 aliphatic carbocycles. The van der Waals surface area contributed by atoms with Crippen molar-refractivity contribution in [3.8, 4) is 0 Å². The minimum atomic E-state index is -0.503. The SMILES string of the molecule is CN(c1nccc(=O)n1COC(=O)c1ccccc1)C1CCN(c2nc3ccccc3n2Cc2ccc(F)cc2)CC1. The number of hydrogen-bond donors (Lipinski definition) is 0. The van der Waals surface area contributed by atoms with Crippen molar-refractivity contribution in [1.29, 1.82) is 0 Å². The summed E-state index contributed by atoms with van der Waals surface area (Å²) in [6.45, 7) is 1.85. The Morgan fingerprint density at radius 3 is 2.43 bits per heavy atom. The molecule has 0 atom stereocenters. The van der Waals surface area contributed by atoms with Crippen LogP contribution in [0, 0.1) is 5.82 Å². The molecule has 10 heteroatoms. The van der Waals surface area contributed by atoms with E-state index < -0.39 is 5.97 Å². The molecule has 214 valence electrons. The number of fused-ring (bicyclic) bond motifs is 1. The Labute approximate surface area is 242 Å². The molecule has 0 unspecified atom stereocenters. The van der Waals surface area contributed by atoms with Crippen LogP contribution >= 0.6 is 0 Å². The van der Waals surface area contributed by atoms with Crippen LogP contribution in [0.25, 0.3) is 11.0 Å². The highest BCUT2D eigenvalue weighted by Crippen LogP contribution is 2.28. The standard InChI is InChI=1S/C32H31FN6O3/c1-36(31-34-18-15-29(40)39(31)22-42-30(41)24-7-3-2-4-8-24)26-16-19-37(20-17-26)32-35-27-9-5-6-10-28(27)38(32)21-23-11-13-25(33)14-12-23/h2-15,18,26H,16-17,19-22H2,1H3. The van der Waals surface area contributed by atoms with Crippen LogP contribution in [0.3, 0.4) is 0 Å². The van der Waals surface area contributed by atoms with Gasteiger partial charge in [0.25, 0.3) is 5.56 Å². The normalized spacial score (nSPS) is 13.8. The van der Waals surface area contributed by atoms with Crippen molar-refractivity contribution in [1.82, 2.24) is 19.1 Å². The minimum Gasteiger partial charge on any atom is -0.440 e. The molecule has 9 nitrogen and oxygen atoms in total. The summed E-state index contributed by atoms with van der Waals surface area (Å²) in [6.07, 6.45) is 3.10. The van der Waals surface area contributed by atoms with E-state index in [1.165, 1.54) is 29.0 Å². The van der Waals surface area contributed by atoms with Crippen LogP contribution in [-0.2, 0) is 18.0 Å². The molecule has 0 amide bonds. The largest absolute Gasteiger partial charge is 0.440 e. The van der Waals surface area contributed by atoms with E-state index in [1.807, 2.05) is 36.2 Å². The average molecular weight is 567 g/mol. The Morgan fingerprint density at radius 1 is 0.952 bits per heavy atom. The van der Waals surface area contributed by atoms with Crippen molar-refractivity contribution < 1.29 is 13.9 Å². The molecule has 1 saturated heterocycles. The molecule has 3 aromatic carbocycles. The van der Waals surface area contributed by atoms with Gasteiger partial charge in [-0.15, -0.1) is 0 Å². The van der Waals surface area contributed by atoms with Crippen LogP contribution in [0.1, 0.15) is 28.8 Å². The van der Waals surface area contributed by atoms with Gasteiger partial charge in [0.05, 0.1) is 23.1 Å². The summed E-state index contributed by atoms with van der Waals surface area (Å²) in [7, 11) is 1.92. The van der Waals surface area contributed by atoms with Crippen molar-refractivity contribution in [3.63, 3.8) is 0 Å². The maximum Gasteiger partial charge on any atom is 0.339 e. The number of ether oxygens (including phenoxy) is 1. The number of halogens is 1. The molecule has 0 saturated carbocycles. The Morgan fingerprint density at radius 2 is 1.67 bits per heavy atom. The van der Waals surface area contributed by atoms with Crippen molar-refractivity contribution in [3.05, 3.63) is 118 Å². The monoisotopic (exact) mass is 566 g/mol. The number of rotatable bonds is 8. The van der Waals surface area contributed by atoms with Gasteiger partial charge in [-0.2, -0.15) is 0 Å². The molecule has 0 N–H and O–H groups in total. The number of carbonyl (C=O) groups excluding carboxylic acids is 1. The Hall–Kier alpha value is -4.99. The quantitative estimate of drug-likeness (QED) is 0.252. The highest BCUT2D eigenvalue weighted by molar-refractivity contribution is 5.89. The van der Waals surface area contributed by atoms with Gasteiger partial charge >= 0.3 is 5.97 Å². The fourth-order valence-electron chi connectivity index (χ4n) is 5.46. The van der Waals surface area contributed by atoms with E-state index in [4.69, 9.17) is 9.72 Å². The van der Waals surface area contributed by atoms with E-state index in [0.29, 0.717) is 18.1 Å². The number of imidazole rings is 1. The van der Waals surface area contributed by atoms with Gasteiger partial charge in [-0.3, -0.25) is 4.79 Å². The third-order valence-corrected chi connectivity index (χ3v) is 7.75. The first-order valence-corrected chi connectivity index (χ1v) is 13.9.